The molecule has 1 N–H and O–H groups in total. The molecular formula is C24H43N. The SMILES string of the molecule is CCCCCCCCCCC=C(C)C(CCCCCC)c1ccc[nH]1. The third kappa shape index (κ3) is 10.6. The minimum atomic E-state index is 0.598. The maximum Gasteiger partial charge on any atom is 0.0219 e. The molecule has 1 aromatic rings. The Morgan fingerprint density at radius 1 is 0.880 bits per heavy atom. The molecule has 0 aliphatic heterocycles. The highest BCUT2D eigenvalue weighted by atomic mass is 14.7. The van der Waals surface area contributed by atoms with Gasteiger partial charge in [0.25, 0.3) is 0 Å². The first kappa shape index (κ1) is 22.1. The summed E-state index contributed by atoms with van der Waals surface area (Å²) in [6.07, 6.45) is 23.8. The van der Waals surface area contributed by atoms with Crippen LogP contribution >= 0.6 is 0 Å². The minimum Gasteiger partial charge on any atom is -0.364 e. The highest BCUT2D eigenvalue weighted by Crippen LogP contribution is 2.29. The van der Waals surface area contributed by atoms with Crippen molar-refractivity contribution in [1.29, 1.82) is 0 Å². The van der Waals surface area contributed by atoms with E-state index in [0.717, 1.165) is 0 Å². The zero-order valence-electron chi connectivity index (χ0n) is 17.3. The van der Waals surface area contributed by atoms with Gasteiger partial charge in [0.1, 0.15) is 0 Å². The third-order valence-electron chi connectivity index (χ3n) is 5.42. The lowest BCUT2D eigenvalue weighted by Crippen LogP contribution is -2.01. The molecule has 0 bridgehead atoms. The van der Waals surface area contributed by atoms with Crippen molar-refractivity contribution < 1.29 is 0 Å². The molecule has 0 amide bonds. The van der Waals surface area contributed by atoms with Gasteiger partial charge in [-0.3, -0.25) is 0 Å². The predicted octanol–water partition coefficient (Wildman–Crippen LogP) is 8.55. The van der Waals surface area contributed by atoms with E-state index in [1.807, 2.05) is 0 Å². The fourth-order valence-corrected chi connectivity index (χ4v) is 3.71. The van der Waals surface area contributed by atoms with Crippen molar-refractivity contribution in [2.24, 2.45) is 0 Å². The van der Waals surface area contributed by atoms with Crippen molar-refractivity contribution in [3.05, 3.63) is 35.7 Å². The van der Waals surface area contributed by atoms with Crippen LogP contribution in [0.15, 0.2) is 30.0 Å². The molecule has 1 unspecified atom stereocenters. The molecule has 0 aliphatic rings. The monoisotopic (exact) mass is 345 g/mol. The van der Waals surface area contributed by atoms with Crippen molar-refractivity contribution >= 4 is 0 Å². The molecule has 0 aromatic carbocycles. The van der Waals surface area contributed by atoms with Gasteiger partial charge in [-0.15, -0.1) is 0 Å². The Morgan fingerprint density at radius 2 is 1.48 bits per heavy atom. The Kier molecular flexibility index (Phi) is 13.5. The Balaban J connectivity index is 2.28. The van der Waals surface area contributed by atoms with Gasteiger partial charge in [-0.1, -0.05) is 96.1 Å². The van der Waals surface area contributed by atoms with E-state index >= 15 is 0 Å². The molecule has 0 radical (unpaired) electrons. The summed E-state index contributed by atoms with van der Waals surface area (Å²) in [4.78, 5) is 3.45. The normalized spacial score (nSPS) is 13.3. The second kappa shape index (κ2) is 15.3. The summed E-state index contributed by atoms with van der Waals surface area (Å²) < 4.78 is 0. The van der Waals surface area contributed by atoms with Crippen LogP contribution in [0.5, 0.6) is 0 Å². The Hall–Kier alpha value is -0.980. The largest absolute Gasteiger partial charge is 0.364 e. The van der Waals surface area contributed by atoms with Crippen molar-refractivity contribution in [1.82, 2.24) is 4.98 Å². The van der Waals surface area contributed by atoms with E-state index in [2.05, 4.69) is 50.2 Å². The molecule has 1 aromatic heterocycles. The molecular weight excluding hydrogens is 302 g/mol. The van der Waals surface area contributed by atoms with Crippen LogP contribution in [0.3, 0.4) is 0 Å². The Bertz CT molecular complexity index is 415. The molecule has 1 atom stereocenters. The first-order chi connectivity index (χ1) is 12.3. The highest BCUT2D eigenvalue weighted by molar-refractivity contribution is 5.22. The van der Waals surface area contributed by atoms with Crippen LogP contribution in [0.4, 0.5) is 0 Å². The number of rotatable bonds is 16. The fraction of sp³-hybridized carbons (Fsp3) is 0.750. The van der Waals surface area contributed by atoms with E-state index in [9.17, 15) is 0 Å². The topological polar surface area (TPSA) is 15.8 Å². The second-order valence-electron chi connectivity index (χ2n) is 7.74. The summed E-state index contributed by atoms with van der Waals surface area (Å²) in [5.74, 6) is 0.598. The number of aromatic amines is 1. The number of H-pyrrole nitrogens is 1. The van der Waals surface area contributed by atoms with E-state index in [1.54, 1.807) is 5.57 Å². The summed E-state index contributed by atoms with van der Waals surface area (Å²) in [6, 6.07) is 4.40. The second-order valence-corrected chi connectivity index (χ2v) is 7.74. The summed E-state index contributed by atoms with van der Waals surface area (Å²) >= 11 is 0. The van der Waals surface area contributed by atoms with Crippen molar-refractivity contribution in [3.8, 4) is 0 Å². The van der Waals surface area contributed by atoms with Gasteiger partial charge in [-0.05, 0) is 38.3 Å². The predicted molar refractivity (Wildman–Crippen MR) is 113 cm³/mol. The molecule has 0 spiro atoms. The highest BCUT2D eigenvalue weighted by Gasteiger charge is 2.13. The lowest BCUT2D eigenvalue weighted by Gasteiger charge is -2.17. The van der Waals surface area contributed by atoms with E-state index in [0.29, 0.717) is 5.92 Å². The number of unbranched alkanes of at least 4 members (excludes halogenated alkanes) is 11. The summed E-state index contributed by atoms with van der Waals surface area (Å²) in [7, 11) is 0. The van der Waals surface area contributed by atoms with Crippen LogP contribution in [-0.4, -0.2) is 4.98 Å². The van der Waals surface area contributed by atoms with Crippen LogP contribution in [0.2, 0.25) is 0 Å². The molecule has 0 saturated heterocycles. The average molecular weight is 346 g/mol. The van der Waals surface area contributed by atoms with Gasteiger partial charge in [-0.2, -0.15) is 0 Å². The van der Waals surface area contributed by atoms with Crippen LogP contribution in [-0.2, 0) is 0 Å². The van der Waals surface area contributed by atoms with Crippen molar-refractivity contribution in [2.75, 3.05) is 0 Å². The summed E-state index contributed by atoms with van der Waals surface area (Å²) in [5, 5.41) is 0. The van der Waals surface area contributed by atoms with Gasteiger partial charge >= 0.3 is 0 Å². The van der Waals surface area contributed by atoms with Crippen LogP contribution < -0.4 is 0 Å². The van der Waals surface area contributed by atoms with Gasteiger partial charge in [0, 0.05) is 17.8 Å². The number of allylic oxidation sites excluding steroid dienone is 2. The quantitative estimate of drug-likeness (QED) is 0.228. The van der Waals surface area contributed by atoms with E-state index in [-0.39, 0.29) is 0 Å². The molecule has 0 saturated carbocycles. The van der Waals surface area contributed by atoms with Gasteiger partial charge < -0.3 is 4.98 Å². The number of hydrogen-bond acceptors (Lipinski definition) is 0. The van der Waals surface area contributed by atoms with E-state index in [4.69, 9.17) is 0 Å². The van der Waals surface area contributed by atoms with E-state index < -0.39 is 0 Å². The first-order valence-corrected chi connectivity index (χ1v) is 11.1. The average Bonchev–Trinajstić information content (AvgIpc) is 3.14. The molecule has 1 rings (SSSR count). The van der Waals surface area contributed by atoms with Crippen LogP contribution in [0, 0.1) is 0 Å². The minimum absolute atomic E-state index is 0.598. The van der Waals surface area contributed by atoms with Gasteiger partial charge in [0.15, 0.2) is 0 Å². The molecule has 0 fully saturated rings. The number of hydrogen-bond donors (Lipinski definition) is 1. The standard InChI is InChI=1S/C24H43N/c1-4-6-8-10-11-12-13-14-15-18-22(3)23(19-16-9-7-5-2)24-20-17-21-25-24/h17-18,20-21,23,25H,4-16,19H2,1-3H3. The zero-order valence-corrected chi connectivity index (χ0v) is 17.3. The summed E-state index contributed by atoms with van der Waals surface area (Å²) in [5.41, 5.74) is 2.98. The van der Waals surface area contributed by atoms with Gasteiger partial charge in [-0.25, -0.2) is 0 Å². The van der Waals surface area contributed by atoms with Crippen LogP contribution in [0.1, 0.15) is 122 Å². The van der Waals surface area contributed by atoms with Gasteiger partial charge in [0.2, 0.25) is 0 Å². The zero-order chi connectivity index (χ0) is 18.2. The van der Waals surface area contributed by atoms with Crippen LogP contribution in [0.25, 0.3) is 0 Å². The maximum atomic E-state index is 3.45. The lowest BCUT2D eigenvalue weighted by molar-refractivity contribution is 0.572. The molecule has 25 heavy (non-hydrogen) atoms. The molecule has 1 nitrogen and oxygen atoms in total. The molecule has 1 heteroatoms. The number of aromatic nitrogens is 1. The summed E-state index contributed by atoms with van der Waals surface area (Å²) in [6.45, 7) is 6.92. The molecule has 1 heterocycles. The van der Waals surface area contributed by atoms with Crippen molar-refractivity contribution in [2.45, 2.75) is 117 Å². The number of nitrogens with one attached hydrogen (secondary N) is 1. The lowest BCUT2D eigenvalue weighted by atomic mass is 9.90. The van der Waals surface area contributed by atoms with Gasteiger partial charge in [0.05, 0.1) is 0 Å². The fourth-order valence-electron chi connectivity index (χ4n) is 3.71. The smallest absolute Gasteiger partial charge is 0.0219 e. The molecule has 144 valence electrons. The van der Waals surface area contributed by atoms with Crippen molar-refractivity contribution in [3.63, 3.8) is 0 Å². The Labute approximate surface area is 157 Å². The maximum absolute atomic E-state index is 3.45. The third-order valence-corrected chi connectivity index (χ3v) is 5.42. The molecule has 0 aliphatic carbocycles. The van der Waals surface area contributed by atoms with E-state index in [1.165, 1.54) is 95.6 Å². The Morgan fingerprint density at radius 3 is 2.08 bits per heavy atom. The first-order valence-electron chi connectivity index (χ1n) is 11.1.